The van der Waals surface area contributed by atoms with Crippen LogP contribution in [0.4, 0.5) is 0 Å². The van der Waals surface area contributed by atoms with Crippen molar-refractivity contribution < 1.29 is 4.79 Å². The van der Waals surface area contributed by atoms with Gasteiger partial charge in [0, 0.05) is 24.2 Å². The lowest BCUT2D eigenvalue weighted by Gasteiger charge is -2.00. The lowest BCUT2D eigenvalue weighted by atomic mass is 10.1. The Morgan fingerprint density at radius 3 is 2.94 bits per heavy atom. The van der Waals surface area contributed by atoms with Gasteiger partial charge in [0.15, 0.2) is 5.69 Å². The van der Waals surface area contributed by atoms with E-state index in [1.54, 1.807) is 19.3 Å². The van der Waals surface area contributed by atoms with Gasteiger partial charge in [-0.1, -0.05) is 6.07 Å². The lowest BCUT2D eigenvalue weighted by molar-refractivity contribution is 0.103. The summed E-state index contributed by atoms with van der Waals surface area (Å²) in [5.41, 5.74) is 1.81. The van der Waals surface area contributed by atoms with E-state index in [4.69, 9.17) is 0 Å². The van der Waals surface area contributed by atoms with Gasteiger partial charge in [0.2, 0.25) is 5.78 Å². The van der Waals surface area contributed by atoms with Crippen LogP contribution in [0.2, 0.25) is 0 Å². The minimum absolute atomic E-state index is 0.131. The number of carbonyl (C=O) groups excluding carboxylic acids is 1. The van der Waals surface area contributed by atoms with Crippen molar-refractivity contribution in [2.75, 3.05) is 0 Å². The second kappa shape index (κ2) is 4.03. The molecular formula is C13H10N4O. The fraction of sp³-hybridized carbons (Fsp3) is 0.0769. The molecule has 0 aliphatic rings. The van der Waals surface area contributed by atoms with Gasteiger partial charge in [-0.05, 0) is 24.3 Å². The summed E-state index contributed by atoms with van der Waals surface area (Å²) in [6, 6.07) is 9.18. The van der Waals surface area contributed by atoms with E-state index in [1.807, 2.05) is 24.3 Å². The molecule has 0 saturated carbocycles. The minimum Gasteiger partial charge on any atom is -0.287 e. The van der Waals surface area contributed by atoms with Crippen LogP contribution in [-0.2, 0) is 7.05 Å². The Balaban J connectivity index is 2.06. The summed E-state index contributed by atoms with van der Waals surface area (Å²) in [6.45, 7) is 0. The first-order chi connectivity index (χ1) is 8.74. The van der Waals surface area contributed by atoms with Crippen LogP contribution in [0.15, 0.2) is 42.7 Å². The topological polar surface area (TPSA) is 60.7 Å². The van der Waals surface area contributed by atoms with Crippen LogP contribution < -0.4 is 0 Å². The maximum absolute atomic E-state index is 12.2. The summed E-state index contributed by atoms with van der Waals surface area (Å²) < 4.78 is 0. The van der Waals surface area contributed by atoms with Gasteiger partial charge < -0.3 is 0 Å². The molecule has 0 atom stereocenters. The van der Waals surface area contributed by atoms with Crippen molar-refractivity contribution in [1.82, 2.24) is 20.0 Å². The van der Waals surface area contributed by atoms with Gasteiger partial charge in [-0.3, -0.25) is 9.78 Å². The third kappa shape index (κ3) is 1.75. The predicted molar refractivity (Wildman–Crippen MR) is 66.2 cm³/mol. The number of aromatic nitrogens is 4. The normalized spacial score (nSPS) is 10.7. The summed E-state index contributed by atoms with van der Waals surface area (Å²) in [6.07, 6.45) is 3.20. The number of hydrogen-bond donors (Lipinski definition) is 0. The van der Waals surface area contributed by atoms with Crippen molar-refractivity contribution in [3.05, 3.63) is 54.0 Å². The summed E-state index contributed by atoms with van der Waals surface area (Å²) in [4.78, 5) is 17.8. The van der Waals surface area contributed by atoms with Crippen LogP contribution in [-0.4, -0.2) is 25.8 Å². The first-order valence-electron chi connectivity index (χ1n) is 5.50. The van der Waals surface area contributed by atoms with Gasteiger partial charge in [-0.2, -0.15) is 15.0 Å². The quantitative estimate of drug-likeness (QED) is 0.636. The Morgan fingerprint density at radius 2 is 2.17 bits per heavy atom. The first-order valence-corrected chi connectivity index (χ1v) is 5.50. The molecule has 0 amide bonds. The number of carbonyl (C=O) groups is 1. The molecular weight excluding hydrogens is 228 g/mol. The molecule has 3 rings (SSSR count). The second-order valence-electron chi connectivity index (χ2n) is 3.96. The number of fused-ring (bicyclic) bond motifs is 1. The van der Waals surface area contributed by atoms with E-state index >= 15 is 0 Å². The molecule has 0 fully saturated rings. The molecule has 0 radical (unpaired) electrons. The molecule has 5 heteroatoms. The molecule has 3 aromatic rings. The molecule has 2 heterocycles. The van der Waals surface area contributed by atoms with Crippen LogP contribution >= 0.6 is 0 Å². The smallest absolute Gasteiger partial charge is 0.214 e. The Kier molecular flexibility index (Phi) is 2.37. The van der Waals surface area contributed by atoms with Gasteiger partial charge in [0.25, 0.3) is 0 Å². The zero-order valence-corrected chi connectivity index (χ0v) is 9.74. The van der Waals surface area contributed by atoms with Crippen molar-refractivity contribution >= 4 is 16.7 Å². The number of pyridine rings is 1. The fourth-order valence-corrected chi connectivity index (χ4v) is 1.81. The Hall–Kier alpha value is -2.56. The molecule has 0 bridgehead atoms. The van der Waals surface area contributed by atoms with Crippen molar-refractivity contribution in [2.24, 2.45) is 7.05 Å². The van der Waals surface area contributed by atoms with Crippen LogP contribution in [0, 0.1) is 0 Å². The first kappa shape index (κ1) is 10.6. The SMILES string of the molecule is Cn1ncc(C(=O)c2ccc3ncccc3c2)n1. The molecule has 0 aliphatic heterocycles. The number of nitrogens with zero attached hydrogens (tertiary/aromatic N) is 4. The number of rotatable bonds is 2. The van der Waals surface area contributed by atoms with Gasteiger partial charge in [-0.15, -0.1) is 0 Å². The average molecular weight is 238 g/mol. The van der Waals surface area contributed by atoms with Crippen molar-refractivity contribution in [1.29, 1.82) is 0 Å². The molecule has 0 unspecified atom stereocenters. The van der Waals surface area contributed by atoms with Gasteiger partial charge in [-0.25, -0.2) is 0 Å². The molecule has 0 saturated heterocycles. The molecule has 5 nitrogen and oxygen atoms in total. The van der Waals surface area contributed by atoms with E-state index < -0.39 is 0 Å². The molecule has 0 aliphatic carbocycles. The summed E-state index contributed by atoms with van der Waals surface area (Å²) in [5.74, 6) is -0.131. The highest BCUT2D eigenvalue weighted by atomic mass is 16.1. The minimum atomic E-state index is -0.131. The van der Waals surface area contributed by atoms with E-state index in [2.05, 4.69) is 15.2 Å². The molecule has 0 N–H and O–H groups in total. The predicted octanol–water partition coefficient (Wildman–Crippen LogP) is 1.59. The molecule has 18 heavy (non-hydrogen) atoms. The highest BCUT2D eigenvalue weighted by molar-refractivity contribution is 6.09. The summed E-state index contributed by atoms with van der Waals surface area (Å²) in [7, 11) is 1.68. The maximum Gasteiger partial charge on any atom is 0.214 e. The zero-order chi connectivity index (χ0) is 12.5. The maximum atomic E-state index is 12.2. The van der Waals surface area contributed by atoms with Crippen molar-refractivity contribution in [3.8, 4) is 0 Å². The van der Waals surface area contributed by atoms with E-state index in [9.17, 15) is 4.79 Å². The van der Waals surface area contributed by atoms with Crippen molar-refractivity contribution in [2.45, 2.75) is 0 Å². The van der Waals surface area contributed by atoms with Crippen LogP contribution in [0.5, 0.6) is 0 Å². The van der Waals surface area contributed by atoms with Crippen LogP contribution in [0.25, 0.3) is 10.9 Å². The van der Waals surface area contributed by atoms with E-state index in [1.165, 1.54) is 11.0 Å². The van der Waals surface area contributed by atoms with Crippen LogP contribution in [0.1, 0.15) is 16.1 Å². The highest BCUT2D eigenvalue weighted by Gasteiger charge is 2.13. The lowest BCUT2D eigenvalue weighted by Crippen LogP contribution is -2.03. The molecule has 1 aromatic carbocycles. The number of benzene rings is 1. The largest absolute Gasteiger partial charge is 0.287 e. The van der Waals surface area contributed by atoms with Gasteiger partial charge in [0.05, 0.1) is 11.7 Å². The van der Waals surface area contributed by atoms with E-state index in [0.29, 0.717) is 11.3 Å². The monoisotopic (exact) mass is 238 g/mol. The number of aryl methyl sites for hydroxylation is 1. The van der Waals surface area contributed by atoms with Crippen LogP contribution in [0.3, 0.4) is 0 Å². The summed E-state index contributed by atoms with van der Waals surface area (Å²) in [5, 5.41) is 8.84. The average Bonchev–Trinajstić information content (AvgIpc) is 2.84. The highest BCUT2D eigenvalue weighted by Crippen LogP contribution is 2.15. The van der Waals surface area contributed by atoms with Gasteiger partial charge in [0.1, 0.15) is 0 Å². The number of hydrogen-bond acceptors (Lipinski definition) is 4. The standard InChI is InChI=1S/C13H10N4O/c1-17-15-8-12(16-17)13(18)10-4-5-11-9(7-10)3-2-6-14-11/h2-8H,1H3. The molecule has 88 valence electrons. The molecule has 2 aromatic heterocycles. The van der Waals surface area contributed by atoms with E-state index in [-0.39, 0.29) is 5.78 Å². The number of ketones is 1. The zero-order valence-electron chi connectivity index (χ0n) is 9.74. The molecule has 0 spiro atoms. The Bertz CT molecular complexity index is 732. The third-order valence-corrected chi connectivity index (χ3v) is 2.70. The second-order valence-corrected chi connectivity index (χ2v) is 3.96. The van der Waals surface area contributed by atoms with Gasteiger partial charge >= 0.3 is 0 Å². The third-order valence-electron chi connectivity index (χ3n) is 2.70. The van der Waals surface area contributed by atoms with E-state index in [0.717, 1.165) is 10.9 Å². The Morgan fingerprint density at radius 1 is 1.28 bits per heavy atom. The van der Waals surface area contributed by atoms with Crippen molar-refractivity contribution in [3.63, 3.8) is 0 Å². The fourth-order valence-electron chi connectivity index (χ4n) is 1.81. The summed E-state index contributed by atoms with van der Waals surface area (Å²) >= 11 is 0. The Labute approximate surface area is 103 Å².